The van der Waals surface area contributed by atoms with Gasteiger partial charge in [0.15, 0.2) is 10.8 Å². The third kappa shape index (κ3) is 4.03. The summed E-state index contributed by atoms with van der Waals surface area (Å²) in [6.45, 7) is 3.65. The van der Waals surface area contributed by atoms with Crippen LogP contribution in [0.3, 0.4) is 0 Å². The van der Waals surface area contributed by atoms with Crippen molar-refractivity contribution in [2.45, 2.75) is 32.6 Å². The van der Waals surface area contributed by atoms with Crippen LogP contribution < -0.4 is 5.32 Å². The van der Waals surface area contributed by atoms with Crippen molar-refractivity contribution in [3.63, 3.8) is 0 Å². The lowest BCUT2D eigenvalue weighted by molar-refractivity contribution is -0.130. The van der Waals surface area contributed by atoms with Gasteiger partial charge >= 0.3 is 0 Å². The highest BCUT2D eigenvalue weighted by Gasteiger charge is 2.17. The quantitative estimate of drug-likeness (QED) is 0.902. The van der Waals surface area contributed by atoms with Gasteiger partial charge in [-0.25, -0.2) is 4.98 Å². The molecule has 7 heteroatoms. The van der Waals surface area contributed by atoms with Crippen molar-refractivity contribution in [2.75, 3.05) is 19.6 Å². The second kappa shape index (κ2) is 7.61. The van der Waals surface area contributed by atoms with Gasteiger partial charge in [-0.2, -0.15) is 0 Å². The first-order chi connectivity index (χ1) is 11.6. The molecule has 0 unspecified atom stereocenters. The molecule has 0 aromatic carbocycles. The number of amides is 2. The van der Waals surface area contributed by atoms with E-state index in [0.29, 0.717) is 36.0 Å². The van der Waals surface area contributed by atoms with Crippen LogP contribution >= 0.6 is 11.3 Å². The minimum Gasteiger partial charge on any atom is -0.459 e. The Labute approximate surface area is 144 Å². The number of nitrogens with one attached hydrogen (secondary N) is 1. The summed E-state index contributed by atoms with van der Waals surface area (Å²) in [7, 11) is 0. The molecule has 3 heterocycles. The summed E-state index contributed by atoms with van der Waals surface area (Å²) in [5.41, 5.74) is 0.381. The Balaban J connectivity index is 1.52. The van der Waals surface area contributed by atoms with Crippen molar-refractivity contribution in [1.29, 1.82) is 0 Å². The fourth-order valence-electron chi connectivity index (χ4n) is 2.71. The van der Waals surface area contributed by atoms with Crippen molar-refractivity contribution < 1.29 is 14.0 Å². The van der Waals surface area contributed by atoms with Gasteiger partial charge < -0.3 is 14.6 Å². The molecule has 2 amide bonds. The van der Waals surface area contributed by atoms with Crippen LogP contribution in [0.4, 0.5) is 0 Å². The van der Waals surface area contributed by atoms with E-state index in [1.807, 2.05) is 24.0 Å². The molecule has 0 aliphatic carbocycles. The van der Waals surface area contributed by atoms with E-state index in [0.717, 1.165) is 31.6 Å². The van der Waals surface area contributed by atoms with Crippen molar-refractivity contribution >= 4 is 23.2 Å². The Morgan fingerprint density at radius 1 is 1.38 bits per heavy atom. The summed E-state index contributed by atoms with van der Waals surface area (Å²) in [5.74, 6) is 1.45. The minimum absolute atomic E-state index is 0.186. The number of rotatable bonds is 5. The van der Waals surface area contributed by atoms with Crippen molar-refractivity contribution in [3.05, 3.63) is 29.0 Å². The third-order valence-electron chi connectivity index (χ3n) is 4.03. The lowest BCUT2D eigenvalue weighted by Crippen LogP contribution is -2.38. The van der Waals surface area contributed by atoms with E-state index < -0.39 is 0 Å². The maximum Gasteiger partial charge on any atom is 0.270 e. The molecule has 6 nitrogen and oxygen atoms in total. The molecular weight excluding hydrogens is 326 g/mol. The predicted octanol–water partition coefficient (Wildman–Crippen LogP) is 2.84. The van der Waals surface area contributed by atoms with E-state index >= 15 is 0 Å². The summed E-state index contributed by atoms with van der Waals surface area (Å²) in [4.78, 5) is 30.3. The fraction of sp³-hybridized carbons (Fsp3) is 0.471. The molecule has 1 aliphatic heterocycles. The smallest absolute Gasteiger partial charge is 0.270 e. The van der Waals surface area contributed by atoms with E-state index in [1.54, 1.807) is 5.38 Å². The summed E-state index contributed by atoms with van der Waals surface area (Å²) >= 11 is 1.38. The first-order valence-electron chi connectivity index (χ1n) is 8.22. The average molecular weight is 347 g/mol. The molecule has 0 spiro atoms. The van der Waals surface area contributed by atoms with E-state index in [2.05, 4.69) is 10.3 Å². The van der Waals surface area contributed by atoms with Gasteiger partial charge in [0, 0.05) is 31.4 Å². The number of aromatic nitrogens is 1. The van der Waals surface area contributed by atoms with Crippen molar-refractivity contribution in [1.82, 2.24) is 15.2 Å². The van der Waals surface area contributed by atoms with Crippen LogP contribution in [0.1, 0.15) is 41.9 Å². The summed E-state index contributed by atoms with van der Waals surface area (Å²) < 4.78 is 5.52. The van der Waals surface area contributed by atoms with Crippen LogP contribution in [0.15, 0.2) is 21.9 Å². The zero-order chi connectivity index (χ0) is 16.9. The first kappa shape index (κ1) is 16.7. The zero-order valence-corrected chi connectivity index (χ0v) is 14.5. The number of hydrogen-bond donors (Lipinski definition) is 1. The van der Waals surface area contributed by atoms with Gasteiger partial charge in [0.1, 0.15) is 11.5 Å². The SMILES string of the molecule is Cc1ccc(-c2nc(C(=O)NCCN3CCCCCC3=O)cs2)o1. The van der Waals surface area contributed by atoms with Crippen LogP contribution in [0, 0.1) is 6.92 Å². The topological polar surface area (TPSA) is 75.4 Å². The normalized spacial score (nSPS) is 15.4. The van der Waals surface area contributed by atoms with Gasteiger partial charge in [-0.1, -0.05) is 6.42 Å². The molecule has 128 valence electrons. The minimum atomic E-state index is -0.219. The maximum atomic E-state index is 12.2. The van der Waals surface area contributed by atoms with Gasteiger partial charge in [0.25, 0.3) is 5.91 Å². The van der Waals surface area contributed by atoms with Crippen LogP contribution in [0.25, 0.3) is 10.8 Å². The van der Waals surface area contributed by atoms with Gasteiger partial charge in [0.05, 0.1) is 0 Å². The van der Waals surface area contributed by atoms with Crippen molar-refractivity contribution in [3.8, 4) is 10.8 Å². The molecular formula is C17H21N3O3S. The highest BCUT2D eigenvalue weighted by molar-refractivity contribution is 7.13. The molecule has 0 saturated carbocycles. The highest BCUT2D eigenvalue weighted by Crippen LogP contribution is 2.25. The number of hydrogen-bond acceptors (Lipinski definition) is 5. The molecule has 24 heavy (non-hydrogen) atoms. The molecule has 0 radical (unpaired) electrons. The molecule has 2 aromatic heterocycles. The lowest BCUT2D eigenvalue weighted by Gasteiger charge is -2.20. The Hall–Kier alpha value is -2.15. The standard InChI is InChI=1S/C17H21N3O3S/c1-12-6-7-14(23-12)17-19-13(11-24-17)16(22)18-8-10-20-9-4-2-3-5-15(20)21/h6-7,11H,2-5,8-10H2,1H3,(H,18,22). The number of nitrogens with zero attached hydrogens (tertiary/aromatic N) is 2. The molecule has 1 N–H and O–H groups in total. The number of carbonyl (C=O) groups excluding carboxylic acids is 2. The Bertz CT molecular complexity index is 722. The van der Waals surface area contributed by atoms with E-state index in [9.17, 15) is 9.59 Å². The molecule has 2 aromatic rings. The molecule has 0 atom stereocenters. The number of furan rings is 1. The average Bonchev–Trinajstić information content (AvgIpc) is 3.16. The van der Waals surface area contributed by atoms with Crippen molar-refractivity contribution in [2.24, 2.45) is 0 Å². The molecule has 1 saturated heterocycles. The number of aryl methyl sites for hydroxylation is 1. The number of carbonyl (C=O) groups is 2. The van der Waals surface area contributed by atoms with Crippen LogP contribution in [0.2, 0.25) is 0 Å². The summed E-state index contributed by atoms with van der Waals surface area (Å²) in [6, 6.07) is 3.72. The van der Waals surface area contributed by atoms with Crippen LogP contribution in [-0.4, -0.2) is 41.3 Å². The number of likely N-dealkylation sites (tertiary alicyclic amines) is 1. The summed E-state index contributed by atoms with van der Waals surface area (Å²) in [5, 5.41) is 5.25. The monoisotopic (exact) mass is 347 g/mol. The largest absolute Gasteiger partial charge is 0.459 e. The maximum absolute atomic E-state index is 12.2. The summed E-state index contributed by atoms with van der Waals surface area (Å²) in [6.07, 6.45) is 3.72. The Kier molecular flexibility index (Phi) is 5.30. The third-order valence-corrected chi connectivity index (χ3v) is 4.88. The van der Waals surface area contributed by atoms with Crippen LogP contribution in [-0.2, 0) is 4.79 Å². The lowest BCUT2D eigenvalue weighted by atomic mass is 10.2. The number of thiazole rings is 1. The molecule has 3 rings (SSSR count). The Morgan fingerprint density at radius 3 is 3.04 bits per heavy atom. The van der Waals surface area contributed by atoms with Gasteiger partial charge in [0.2, 0.25) is 5.91 Å². The van der Waals surface area contributed by atoms with E-state index in [-0.39, 0.29) is 11.8 Å². The highest BCUT2D eigenvalue weighted by atomic mass is 32.1. The molecule has 1 aliphatic rings. The zero-order valence-electron chi connectivity index (χ0n) is 13.7. The first-order valence-corrected chi connectivity index (χ1v) is 9.10. The van der Waals surface area contributed by atoms with Gasteiger partial charge in [-0.3, -0.25) is 9.59 Å². The molecule has 0 bridgehead atoms. The van der Waals surface area contributed by atoms with Gasteiger partial charge in [-0.05, 0) is 31.9 Å². The van der Waals surface area contributed by atoms with E-state index in [4.69, 9.17) is 4.42 Å². The molecule has 1 fully saturated rings. The Morgan fingerprint density at radius 2 is 2.25 bits per heavy atom. The second-order valence-corrected chi connectivity index (χ2v) is 6.75. The van der Waals surface area contributed by atoms with Gasteiger partial charge in [-0.15, -0.1) is 11.3 Å². The second-order valence-electron chi connectivity index (χ2n) is 5.90. The fourth-order valence-corrected chi connectivity index (χ4v) is 3.47. The van der Waals surface area contributed by atoms with Crippen LogP contribution in [0.5, 0.6) is 0 Å². The predicted molar refractivity (Wildman–Crippen MR) is 91.9 cm³/mol. The van der Waals surface area contributed by atoms with E-state index in [1.165, 1.54) is 11.3 Å².